The summed E-state index contributed by atoms with van der Waals surface area (Å²) in [4.78, 5) is 1.14. The topological polar surface area (TPSA) is 26.0 Å². The predicted octanol–water partition coefficient (Wildman–Crippen LogP) is 2.38. The Morgan fingerprint density at radius 2 is 2.00 bits per heavy atom. The lowest BCUT2D eigenvalue weighted by atomic mass is 10.1. The highest BCUT2D eigenvalue weighted by molar-refractivity contribution is 7.98. The summed E-state index contributed by atoms with van der Waals surface area (Å²) in [7, 11) is 0. The monoisotopic (exact) mass is 185 g/mol. The van der Waals surface area contributed by atoms with Gasteiger partial charge in [0.2, 0.25) is 0 Å². The molecule has 3 heteroatoms. The average Bonchev–Trinajstić information content (AvgIpc) is 2.17. The normalized spacial score (nSPS) is 12.9. The Bertz CT molecular complexity index is 235. The summed E-state index contributed by atoms with van der Waals surface area (Å²) in [5.41, 5.74) is 5.86. The zero-order chi connectivity index (χ0) is 8.97. The van der Waals surface area contributed by atoms with E-state index in [1.54, 1.807) is 23.9 Å². The van der Waals surface area contributed by atoms with Crippen LogP contribution < -0.4 is 5.73 Å². The van der Waals surface area contributed by atoms with Crippen molar-refractivity contribution in [2.24, 2.45) is 5.73 Å². The van der Waals surface area contributed by atoms with Crippen LogP contribution in [0.4, 0.5) is 4.39 Å². The van der Waals surface area contributed by atoms with E-state index >= 15 is 0 Å². The van der Waals surface area contributed by atoms with Crippen LogP contribution in [0.15, 0.2) is 29.2 Å². The SMILES string of the molecule is CSc1ccc(C(F)CN)cc1. The highest BCUT2D eigenvalue weighted by atomic mass is 32.2. The van der Waals surface area contributed by atoms with E-state index in [0.717, 1.165) is 4.90 Å². The van der Waals surface area contributed by atoms with Crippen molar-refractivity contribution in [3.8, 4) is 0 Å². The van der Waals surface area contributed by atoms with E-state index in [0.29, 0.717) is 5.56 Å². The van der Waals surface area contributed by atoms with Crippen LogP contribution >= 0.6 is 11.8 Å². The van der Waals surface area contributed by atoms with Crippen molar-refractivity contribution in [3.05, 3.63) is 29.8 Å². The van der Waals surface area contributed by atoms with Crippen LogP contribution in [0.2, 0.25) is 0 Å². The number of benzene rings is 1. The molecule has 1 unspecified atom stereocenters. The first-order valence-corrected chi connectivity index (χ1v) is 4.98. The minimum Gasteiger partial charge on any atom is -0.327 e. The summed E-state index contributed by atoms with van der Waals surface area (Å²) in [6.07, 6.45) is 0.964. The van der Waals surface area contributed by atoms with E-state index in [2.05, 4.69) is 0 Å². The summed E-state index contributed by atoms with van der Waals surface area (Å²) in [6, 6.07) is 7.37. The maximum Gasteiger partial charge on any atom is 0.137 e. The summed E-state index contributed by atoms with van der Waals surface area (Å²) in [5, 5.41) is 0. The highest BCUT2D eigenvalue weighted by Gasteiger charge is 2.05. The van der Waals surface area contributed by atoms with Crippen molar-refractivity contribution in [3.63, 3.8) is 0 Å². The van der Waals surface area contributed by atoms with Crippen molar-refractivity contribution in [1.82, 2.24) is 0 Å². The number of nitrogens with two attached hydrogens (primary N) is 1. The molecule has 1 atom stereocenters. The molecule has 0 aliphatic rings. The first-order chi connectivity index (χ1) is 5.77. The Balaban J connectivity index is 2.77. The van der Waals surface area contributed by atoms with Gasteiger partial charge in [-0.25, -0.2) is 4.39 Å². The Labute approximate surface area is 76.2 Å². The molecule has 0 aliphatic carbocycles. The molecule has 1 nitrogen and oxygen atoms in total. The van der Waals surface area contributed by atoms with Crippen molar-refractivity contribution in [1.29, 1.82) is 0 Å². The maximum atomic E-state index is 13.0. The molecule has 1 rings (SSSR count). The maximum absolute atomic E-state index is 13.0. The van der Waals surface area contributed by atoms with E-state index in [1.807, 2.05) is 18.4 Å². The first kappa shape index (κ1) is 9.55. The Morgan fingerprint density at radius 3 is 2.42 bits per heavy atom. The van der Waals surface area contributed by atoms with Gasteiger partial charge in [-0.2, -0.15) is 0 Å². The van der Waals surface area contributed by atoms with Crippen LogP contribution in [0, 0.1) is 0 Å². The smallest absolute Gasteiger partial charge is 0.137 e. The number of hydrogen-bond acceptors (Lipinski definition) is 2. The minimum atomic E-state index is -1.03. The fourth-order valence-corrected chi connectivity index (χ4v) is 1.36. The van der Waals surface area contributed by atoms with Crippen LogP contribution in [0.3, 0.4) is 0 Å². The van der Waals surface area contributed by atoms with Crippen LogP contribution in [0.5, 0.6) is 0 Å². The number of alkyl halides is 1. The van der Waals surface area contributed by atoms with E-state index in [9.17, 15) is 4.39 Å². The molecule has 1 aromatic rings. The third kappa shape index (κ3) is 2.22. The van der Waals surface area contributed by atoms with Crippen LogP contribution in [0.1, 0.15) is 11.7 Å². The van der Waals surface area contributed by atoms with Gasteiger partial charge >= 0.3 is 0 Å². The third-order valence-corrected chi connectivity index (χ3v) is 2.43. The second-order valence-electron chi connectivity index (χ2n) is 2.48. The number of hydrogen-bond donors (Lipinski definition) is 1. The molecule has 0 spiro atoms. The molecule has 0 radical (unpaired) electrons. The average molecular weight is 185 g/mol. The minimum absolute atomic E-state index is 0.0542. The second-order valence-corrected chi connectivity index (χ2v) is 3.36. The van der Waals surface area contributed by atoms with E-state index in [4.69, 9.17) is 5.73 Å². The lowest BCUT2D eigenvalue weighted by molar-refractivity contribution is 0.353. The van der Waals surface area contributed by atoms with Crippen LogP contribution in [-0.4, -0.2) is 12.8 Å². The number of rotatable bonds is 3. The summed E-state index contributed by atoms with van der Waals surface area (Å²) < 4.78 is 13.0. The zero-order valence-corrected chi connectivity index (χ0v) is 7.77. The van der Waals surface area contributed by atoms with E-state index < -0.39 is 6.17 Å². The molecule has 0 amide bonds. The zero-order valence-electron chi connectivity index (χ0n) is 6.96. The standard InChI is InChI=1S/C9H12FNS/c1-12-8-4-2-7(3-5-8)9(10)6-11/h2-5,9H,6,11H2,1H3. The van der Waals surface area contributed by atoms with E-state index in [-0.39, 0.29) is 6.54 Å². The molecule has 66 valence electrons. The van der Waals surface area contributed by atoms with Gasteiger partial charge in [0.05, 0.1) is 0 Å². The van der Waals surface area contributed by atoms with E-state index in [1.165, 1.54) is 0 Å². The van der Waals surface area contributed by atoms with Crippen molar-refractivity contribution < 1.29 is 4.39 Å². The van der Waals surface area contributed by atoms with Gasteiger partial charge in [0, 0.05) is 11.4 Å². The fraction of sp³-hybridized carbons (Fsp3) is 0.333. The molecule has 0 aromatic heterocycles. The summed E-state index contributed by atoms with van der Waals surface area (Å²) in [5.74, 6) is 0. The van der Waals surface area contributed by atoms with Gasteiger partial charge in [0.1, 0.15) is 6.17 Å². The van der Waals surface area contributed by atoms with Gasteiger partial charge < -0.3 is 5.73 Å². The van der Waals surface area contributed by atoms with Gasteiger partial charge in [0.15, 0.2) is 0 Å². The molecule has 0 aliphatic heterocycles. The molecule has 2 N–H and O–H groups in total. The molecule has 0 saturated carbocycles. The van der Waals surface area contributed by atoms with Gasteiger partial charge in [0.25, 0.3) is 0 Å². The second kappa shape index (κ2) is 4.48. The van der Waals surface area contributed by atoms with Crippen molar-refractivity contribution >= 4 is 11.8 Å². The molecular weight excluding hydrogens is 173 g/mol. The lowest BCUT2D eigenvalue weighted by Crippen LogP contribution is -2.07. The summed E-state index contributed by atoms with van der Waals surface area (Å²) in [6.45, 7) is 0.0542. The van der Waals surface area contributed by atoms with Crippen LogP contribution in [-0.2, 0) is 0 Å². The molecule has 0 bridgehead atoms. The summed E-state index contributed by atoms with van der Waals surface area (Å²) >= 11 is 1.64. The fourth-order valence-electron chi connectivity index (χ4n) is 0.949. The van der Waals surface area contributed by atoms with Gasteiger partial charge in [-0.15, -0.1) is 11.8 Å². The predicted molar refractivity (Wildman–Crippen MR) is 51.1 cm³/mol. The Hall–Kier alpha value is -0.540. The molecule has 0 heterocycles. The van der Waals surface area contributed by atoms with Gasteiger partial charge in [-0.1, -0.05) is 12.1 Å². The van der Waals surface area contributed by atoms with Crippen LogP contribution in [0.25, 0.3) is 0 Å². The Kier molecular flexibility index (Phi) is 3.56. The van der Waals surface area contributed by atoms with Gasteiger partial charge in [-0.05, 0) is 24.0 Å². The molecule has 12 heavy (non-hydrogen) atoms. The van der Waals surface area contributed by atoms with Crippen molar-refractivity contribution in [2.75, 3.05) is 12.8 Å². The quantitative estimate of drug-likeness (QED) is 0.732. The van der Waals surface area contributed by atoms with Crippen molar-refractivity contribution in [2.45, 2.75) is 11.1 Å². The first-order valence-electron chi connectivity index (χ1n) is 3.76. The van der Waals surface area contributed by atoms with Gasteiger partial charge in [-0.3, -0.25) is 0 Å². The number of halogens is 1. The molecule has 0 saturated heterocycles. The molecule has 1 aromatic carbocycles. The molecule has 0 fully saturated rings. The Morgan fingerprint density at radius 1 is 1.42 bits per heavy atom. The lowest BCUT2D eigenvalue weighted by Gasteiger charge is -2.05. The molecular formula is C9H12FNS. The highest BCUT2D eigenvalue weighted by Crippen LogP contribution is 2.20. The largest absolute Gasteiger partial charge is 0.327 e. The number of thioether (sulfide) groups is 1. The third-order valence-electron chi connectivity index (χ3n) is 1.68.